The number of benzene rings is 1. The van der Waals surface area contributed by atoms with Crippen LogP contribution in [0.25, 0.3) is 0 Å². The van der Waals surface area contributed by atoms with Crippen LogP contribution in [0.3, 0.4) is 0 Å². The molecular weight excluding hydrogens is 292 g/mol. The molecule has 1 aliphatic heterocycles. The van der Waals surface area contributed by atoms with Gasteiger partial charge < -0.3 is 20.5 Å². The lowest BCUT2D eigenvalue weighted by Crippen LogP contribution is -2.50. The third-order valence-electron chi connectivity index (χ3n) is 4.53. The Hall–Kier alpha value is -1.59. The van der Waals surface area contributed by atoms with Crippen LogP contribution in [0.2, 0.25) is 0 Å². The number of hydrogen-bond acceptors (Lipinski definition) is 3. The highest BCUT2D eigenvalue weighted by molar-refractivity contribution is 5.74. The minimum Gasteiger partial charge on any atom is -0.388 e. The normalized spacial score (nSPS) is 17.6. The monoisotopic (exact) mass is 320 g/mol. The summed E-state index contributed by atoms with van der Waals surface area (Å²) in [6.45, 7) is 8.13. The van der Waals surface area contributed by atoms with Crippen LogP contribution >= 0.6 is 0 Å². The fourth-order valence-electron chi connectivity index (χ4n) is 2.64. The second-order valence-electron chi connectivity index (χ2n) is 7.12. The van der Waals surface area contributed by atoms with Gasteiger partial charge in [0.25, 0.3) is 0 Å². The second-order valence-corrected chi connectivity index (χ2v) is 7.12. The zero-order valence-corrected chi connectivity index (χ0v) is 14.3. The number of aliphatic hydroxyl groups is 1. The van der Waals surface area contributed by atoms with E-state index in [4.69, 9.17) is 4.74 Å². The van der Waals surface area contributed by atoms with Crippen molar-refractivity contribution >= 4 is 6.03 Å². The molecule has 3 N–H and O–H groups in total. The molecule has 0 unspecified atom stereocenters. The Bertz CT molecular complexity index is 520. The summed E-state index contributed by atoms with van der Waals surface area (Å²) in [5.74, 6) is 0. The first kappa shape index (κ1) is 17.8. The minimum absolute atomic E-state index is 0.152. The molecule has 0 aromatic heterocycles. The maximum Gasteiger partial charge on any atom is 0.314 e. The smallest absolute Gasteiger partial charge is 0.314 e. The predicted octanol–water partition coefficient (Wildman–Crippen LogP) is 2.11. The van der Waals surface area contributed by atoms with Crippen molar-refractivity contribution < 1.29 is 14.6 Å². The predicted molar refractivity (Wildman–Crippen MR) is 90.6 cm³/mol. The fraction of sp³-hybridized carbons (Fsp3) is 0.611. The molecule has 1 aromatic carbocycles. The van der Waals surface area contributed by atoms with Gasteiger partial charge in [0, 0.05) is 44.6 Å². The maximum absolute atomic E-state index is 12.0. The van der Waals surface area contributed by atoms with E-state index in [-0.39, 0.29) is 18.0 Å². The van der Waals surface area contributed by atoms with E-state index < -0.39 is 5.60 Å². The number of ether oxygens (including phenoxy) is 1. The van der Waals surface area contributed by atoms with Gasteiger partial charge >= 0.3 is 6.03 Å². The van der Waals surface area contributed by atoms with Crippen molar-refractivity contribution in [3.63, 3.8) is 0 Å². The van der Waals surface area contributed by atoms with Gasteiger partial charge in [-0.05, 0) is 12.5 Å². The number of amides is 2. The van der Waals surface area contributed by atoms with Gasteiger partial charge in [0.2, 0.25) is 0 Å². The number of aryl methyl sites for hydroxylation is 1. The number of urea groups is 1. The molecule has 1 saturated heterocycles. The van der Waals surface area contributed by atoms with E-state index in [1.807, 2.05) is 0 Å². The lowest BCUT2D eigenvalue weighted by Gasteiger charge is -2.32. The molecule has 2 amide bonds. The van der Waals surface area contributed by atoms with Crippen molar-refractivity contribution in [2.75, 3.05) is 26.3 Å². The summed E-state index contributed by atoms with van der Waals surface area (Å²) < 4.78 is 5.23. The Labute approximate surface area is 138 Å². The summed E-state index contributed by atoms with van der Waals surface area (Å²) in [6, 6.07) is 8.11. The molecule has 0 bridgehead atoms. The Morgan fingerprint density at radius 3 is 2.43 bits per heavy atom. The SMILES string of the molecule is Cc1ccc(C(C)(C)CNC(=O)NCC2(O)CCOCC2)cc1. The Kier molecular flexibility index (Phi) is 5.65. The number of rotatable bonds is 5. The molecule has 128 valence electrons. The van der Waals surface area contributed by atoms with Crippen LogP contribution in [-0.2, 0) is 10.2 Å². The van der Waals surface area contributed by atoms with E-state index >= 15 is 0 Å². The average molecular weight is 320 g/mol. The molecule has 5 heteroatoms. The van der Waals surface area contributed by atoms with E-state index in [9.17, 15) is 9.90 Å². The first-order valence-corrected chi connectivity index (χ1v) is 8.20. The van der Waals surface area contributed by atoms with Crippen molar-refractivity contribution in [3.8, 4) is 0 Å². The van der Waals surface area contributed by atoms with Gasteiger partial charge in [0.1, 0.15) is 0 Å². The van der Waals surface area contributed by atoms with Gasteiger partial charge in [-0.2, -0.15) is 0 Å². The zero-order chi connectivity index (χ0) is 16.9. The number of nitrogens with one attached hydrogen (secondary N) is 2. The topological polar surface area (TPSA) is 70.6 Å². The summed E-state index contributed by atoms with van der Waals surface area (Å²) in [7, 11) is 0. The molecule has 0 saturated carbocycles. The van der Waals surface area contributed by atoms with E-state index in [0.29, 0.717) is 32.6 Å². The maximum atomic E-state index is 12.0. The molecule has 0 spiro atoms. The van der Waals surface area contributed by atoms with Gasteiger partial charge in [-0.25, -0.2) is 4.79 Å². The standard InChI is InChI=1S/C18H28N2O3/c1-14-4-6-15(7-5-14)17(2,3)12-19-16(21)20-13-18(22)8-10-23-11-9-18/h4-7,22H,8-13H2,1-3H3,(H2,19,20,21). The Morgan fingerprint density at radius 2 is 1.83 bits per heavy atom. The van der Waals surface area contributed by atoms with Crippen LogP contribution in [0.15, 0.2) is 24.3 Å². The lowest BCUT2D eigenvalue weighted by molar-refractivity contribution is -0.0600. The summed E-state index contributed by atoms with van der Waals surface area (Å²) in [6.07, 6.45) is 1.12. The summed E-state index contributed by atoms with van der Waals surface area (Å²) >= 11 is 0. The van der Waals surface area contributed by atoms with E-state index in [0.717, 1.165) is 0 Å². The van der Waals surface area contributed by atoms with E-state index in [1.165, 1.54) is 11.1 Å². The largest absolute Gasteiger partial charge is 0.388 e. The van der Waals surface area contributed by atoms with Crippen LogP contribution in [-0.4, -0.2) is 43.0 Å². The van der Waals surface area contributed by atoms with Crippen LogP contribution in [0.5, 0.6) is 0 Å². The van der Waals surface area contributed by atoms with Gasteiger partial charge in [-0.1, -0.05) is 43.7 Å². The molecule has 0 atom stereocenters. The third kappa shape index (κ3) is 5.22. The highest BCUT2D eigenvalue weighted by atomic mass is 16.5. The average Bonchev–Trinajstić information content (AvgIpc) is 2.52. The van der Waals surface area contributed by atoms with Crippen molar-refractivity contribution in [1.29, 1.82) is 0 Å². The van der Waals surface area contributed by atoms with Crippen LogP contribution < -0.4 is 10.6 Å². The molecule has 1 aromatic rings. The highest BCUT2D eigenvalue weighted by Crippen LogP contribution is 2.22. The Balaban J connectivity index is 1.80. The van der Waals surface area contributed by atoms with Gasteiger partial charge in [-0.15, -0.1) is 0 Å². The molecule has 1 fully saturated rings. The van der Waals surface area contributed by atoms with Gasteiger partial charge in [0.15, 0.2) is 0 Å². The second kappa shape index (κ2) is 7.32. The quantitative estimate of drug-likeness (QED) is 0.778. The number of hydrogen-bond donors (Lipinski definition) is 3. The lowest BCUT2D eigenvalue weighted by atomic mass is 9.84. The molecule has 0 radical (unpaired) electrons. The van der Waals surface area contributed by atoms with E-state index in [1.54, 1.807) is 0 Å². The molecular formula is C18H28N2O3. The Morgan fingerprint density at radius 1 is 1.22 bits per heavy atom. The number of carbonyl (C=O) groups excluding carboxylic acids is 1. The van der Waals surface area contributed by atoms with Crippen molar-refractivity contribution in [2.45, 2.75) is 44.6 Å². The fourth-order valence-corrected chi connectivity index (χ4v) is 2.64. The van der Waals surface area contributed by atoms with Gasteiger partial charge in [-0.3, -0.25) is 0 Å². The van der Waals surface area contributed by atoms with E-state index in [2.05, 4.69) is 55.7 Å². The number of carbonyl (C=O) groups is 1. The van der Waals surface area contributed by atoms with Crippen molar-refractivity contribution in [2.24, 2.45) is 0 Å². The van der Waals surface area contributed by atoms with Gasteiger partial charge in [0.05, 0.1) is 5.60 Å². The summed E-state index contributed by atoms with van der Waals surface area (Å²) in [5.41, 5.74) is 1.41. The first-order chi connectivity index (χ1) is 10.8. The minimum atomic E-state index is -0.845. The first-order valence-electron chi connectivity index (χ1n) is 8.20. The third-order valence-corrected chi connectivity index (χ3v) is 4.53. The molecule has 5 nitrogen and oxygen atoms in total. The summed E-state index contributed by atoms with van der Waals surface area (Å²) in [5, 5.41) is 16.0. The van der Waals surface area contributed by atoms with Crippen LogP contribution in [0.4, 0.5) is 4.79 Å². The molecule has 23 heavy (non-hydrogen) atoms. The van der Waals surface area contributed by atoms with Crippen molar-refractivity contribution in [1.82, 2.24) is 10.6 Å². The van der Waals surface area contributed by atoms with Crippen LogP contribution in [0.1, 0.15) is 37.8 Å². The van der Waals surface area contributed by atoms with Crippen molar-refractivity contribution in [3.05, 3.63) is 35.4 Å². The molecule has 0 aliphatic carbocycles. The summed E-state index contributed by atoms with van der Waals surface area (Å²) in [4.78, 5) is 12.0. The molecule has 1 aliphatic rings. The van der Waals surface area contributed by atoms with Crippen LogP contribution in [0, 0.1) is 6.92 Å². The highest BCUT2D eigenvalue weighted by Gasteiger charge is 2.30. The molecule has 2 rings (SSSR count). The zero-order valence-electron chi connectivity index (χ0n) is 14.3. The molecule has 1 heterocycles.